The highest BCUT2D eigenvalue weighted by atomic mass is 35.5. The van der Waals surface area contributed by atoms with Gasteiger partial charge in [-0.25, -0.2) is 8.42 Å². The zero-order chi connectivity index (χ0) is 16.3. The Bertz CT molecular complexity index is 655. The summed E-state index contributed by atoms with van der Waals surface area (Å²) < 4.78 is 32.0. The van der Waals surface area contributed by atoms with Crippen molar-refractivity contribution in [3.8, 4) is 5.75 Å². The first kappa shape index (κ1) is 17.1. The minimum absolute atomic E-state index is 0.0397. The lowest BCUT2D eigenvalue weighted by atomic mass is 10.3. The van der Waals surface area contributed by atoms with Crippen molar-refractivity contribution in [1.29, 1.82) is 0 Å². The average molecular weight is 347 g/mol. The SMILES string of the molecule is CCOc1cc(S(=O)(=O)N2CCN(C(C)=O)CC2)ccc1Cl. The minimum Gasteiger partial charge on any atom is -0.492 e. The Labute approximate surface area is 135 Å². The van der Waals surface area contributed by atoms with Crippen LogP contribution >= 0.6 is 11.6 Å². The van der Waals surface area contributed by atoms with Crippen LogP contribution < -0.4 is 4.74 Å². The van der Waals surface area contributed by atoms with E-state index in [1.165, 1.54) is 29.4 Å². The van der Waals surface area contributed by atoms with Gasteiger partial charge in [-0.05, 0) is 19.1 Å². The zero-order valence-electron chi connectivity index (χ0n) is 12.6. The number of halogens is 1. The van der Waals surface area contributed by atoms with Crippen molar-refractivity contribution in [1.82, 2.24) is 9.21 Å². The summed E-state index contributed by atoms with van der Waals surface area (Å²) in [5, 5.41) is 0.377. The first-order valence-electron chi connectivity index (χ1n) is 7.04. The van der Waals surface area contributed by atoms with Gasteiger partial charge < -0.3 is 9.64 Å². The fourth-order valence-corrected chi connectivity index (χ4v) is 3.91. The maximum atomic E-state index is 12.7. The van der Waals surface area contributed by atoms with Crippen molar-refractivity contribution in [2.75, 3.05) is 32.8 Å². The molecule has 2 rings (SSSR count). The molecular formula is C14H19ClN2O4S. The second-order valence-corrected chi connectivity index (χ2v) is 7.28. The summed E-state index contributed by atoms with van der Waals surface area (Å²) in [5.74, 6) is 0.315. The molecule has 122 valence electrons. The van der Waals surface area contributed by atoms with Crippen LogP contribution in [0.2, 0.25) is 5.02 Å². The molecule has 0 saturated carbocycles. The number of rotatable bonds is 4. The molecule has 0 atom stereocenters. The summed E-state index contributed by atoms with van der Waals surface area (Å²) in [6.07, 6.45) is 0. The largest absolute Gasteiger partial charge is 0.492 e. The zero-order valence-corrected chi connectivity index (χ0v) is 14.2. The van der Waals surface area contributed by atoms with E-state index in [1.54, 1.807) is 11.8 Å². The van der Waals surface area contributed by atoms with Crippen molar-refractivity contribution >= 4 is 27.5 Å². The molecule has 0 radical (unpaired) electrons. The van der Waals surface area contributed by atoms with Crippen LogP contribution in [-0.2, 0) is 14.8 Å². The van der Waals surface area contributed by atoms with Crippen LogP contribution in [0.5, 0.6) is 5.75 Å². The quantitative estimate of drug-likeness (QED) is 0.830. The summed E-state index contributed by atoms with van der Waals surface area (Å²) in [4.78, 5) is 13.1. The summed E-state index contributed by atoms with van der Waals surface area (Å²) in [7, 11) is -3.61. The topological polar surface area (TPSA) is 66.9 Å². The van der Waals surface area contributed by atoms with Crippen LogP contribution in [0.4, 0.5) is 0 Å². The molecule has 1 aromatic rings. The fourth-order valence-electron chi connectivity index (χ4n) is 2.30. The molecule has 0 aliphatic carbocycles. The van der Waals surface area contributed by atoms with Gasteiger partial charge in [0.1, 0.15) is 5.75 Å². The highest BCUT2D eigenvalue weighted by Gasteiger charge is 2.29. The van der Waals surface area contributed by atoms with E-state index in [0.29, 0.717) is 30.5 Å². The Morgan fingerprint density at radius 2 is 1.91 bits per heavy atom. The van der Waals surface area contributed by atoms with Crippen molar-refractivity contribution in [3.05, 3.63) is 23.2 Å². The number of carbonyl (C=O) groups is 1. The third-order valence-electron chi connectivity index (χ3n) is 3.52. The second kappa shape index (κ2) is 6.85. The molecule has 0 spiro atoms. The summed E-state index contributed by atoms with van der Waals surface area (Å²) in [6, 6.07) is 4.43. The molecule has 1 aliphatic heterocycles. The summed E-state index contributed by atoms with van der Waals surface area (Å²) >= 11 is 5.99. The van der Waals surface area contributed by atoms with Gasteiger partial charge in [0.15, 0.2) is 0 Å². The van der Waals surface area contributed by atoms with Crippen LogP contribution in [-0.4, -0.2) is 56.3 Å². The van der Waals surface area contributed by atoms with Crippen LogP contribution in [0.3, 0.4) is 0 Å². The predicted molar refractivity (Wildman–Crippen MR) is 83.6 cm³/mol. The first-order chi connectivity index (χ1) is 10.4. The van der Waals surface area contributed by atoms with Crippen LogP contribution in [0.15, 0.2) is 23.1 Å². The molecule has 1 saturated heterocycles. The Balaban J connectivity index is 2.21. The number of hydrogen-bond donors (Lipinski definition) is 0. The lowest BCUT2D eigenvalue weighted by Gasteiger charge is -2.33. The Morgan fingerprint density at radius 1 is 1.27 bits per heavy atom. The smallest absolute Gasteiger partial charge is 0.243 e. The lowest BCUT2D eigenvalue weighted by Crippen LogP contribution is -2.49. The number of hydrogen-bond acceptors (Lipinski definition) is 4. The van der Waals surface area contributed by atoms with Crippen molar-refractivity contribution in [3.63, 3.8) is 0 Å². The van der Waals surface area contributed by atoms with Gasteiger partial charge in [-0.1, -0.05) is 11.6 Å². The van der Waals surface area contributed by atoms with E-state index >= 15 is 0 Å². The molecule has 8 heteroatoms. The highest BCUT2D eigenvalue weighted by Crippen LogP contribution is 2.29. The number of amides is 1. The average Bonchev–Trinajstić information content (AvgIpc) is 2.49. The van der Waals surface area contributed by atoms with Gasteiger partial charge in [-0.15, -0.1) is 0 Å². The molecule has 0 bridgehead atoms. The fraction of sp³-hybridized carbons (Fsp3) is 0.500. The number of benzene rings is 1. The highest BCUT2D eigenvalue weighted by molar-refractivity contribution is 7.89. The molecule has 0 aromatic heterocycles. The normalized spacial score (nSPS) is 16.6. The van der Waals surface area contributed by atoms with Crippen LogP contribution in [0.25, 0.3) is 0 Å². The standard InChI is InChI=1S/C14H19ClN2O4S/c1-3-21-14-10-12(4-5-13(14)15)22(19,20)17-8-6-16(7-9-17)11(2)18/h4-5,10H,3,6-9H2,1-2H3. The summed E-state index contributed by atoms with van der Waals surface area (Å²) in [6.45, 7) is 5.07. The Morgan fingerprint density at radius 3 is 2.45 bits per heavy atom. The Hall–Kier alpha value is -1.31. The van der Waals surface area contributed by atoms with Crippen molar-refractivity contribution in [2.45, 2.75) is 18.7 Å². The van der Waals surface area contributed by atoms with Crippen molar-refractivity contribution in [2.24, 2.45) is 0 Å². The molecular weight excluding hydrogens is 328 g/mol. The Kier molecular flexibility index (Phi) is 5.31. The number of ether oxygens (including phenoxy) is 1. The molecule has 6 nitrogen and oxygen atoms in total. The van der Waals surface area contributed by atoms with Gasteiger partial charge in [0.2, 0.25) is 15.9 Å². The van der Waals surface area contributed by atoms with E-state index in [-0.39, 0.29) is 23.9 Å². The summed E-state index contributed by atoms with van der Waals surface area (Å²) in [5.41, 5.74) is 0. The third-order valence-corrected chi connectivity index (χ3v) is 5.73. The maximum absolute atomic E-state index is 12.7. The maximum Gasteiger partial charge on any atom is 0.243 e. The lowest BCUT2D eigenvalue weighted by molar-refractivity contribution is -0.129. The molecule has 1 fully saturated rings. The van der Waals surface area contributed by atoms with Gasteiger partial charge >= 0.3 is 0 Å². The van der Waals surface area contributed by atoms with Crippen LogP contribution in [0.1, 0.15) is 13.8 Å². The third kappa shape index (κ3) is 3.53. The predicted octanol–water partition coefficient (Wildman–Crippen LogP) is 1.59. The van der Waals surface area contributed by atoms with E-state index in [1.807, 2.05) is 0 Å². The number of piperazine rings is 1. The van der Waals surface area contributed by atoms with Gasteiger partial charge in [-0.2, -0.15) is 4.31 Å². The first-order valence-corrected chi connectivity index (χ1v) is 8.86. The van der Waals surface area contributed by atoms with Gasteiger partial charge in [0.05, 0.1) is 16.5 Å². The molecule has 0 N–H and O–H groups in total. The molecule has 0 unspecified atom stereocenters. The second-order valence-electron chi connectivity index (χ2n) is 4.94. The molecule has 1 aliphatic rings. The number of nitrogens with zero attached hydrogens (tertiary/aromatic N) is 2. The number of carbonyl (C=O) groups excluding carboxylic acids is 1. The van der Waals surface area contributed by atoms with E-state index in [0.717, 1.165) is 0 Å². The van der Waals surface area contributed by atoms with Gasteiger partial charge in [0.25, 0.3) is 0 Å². The monoisotopic (exact) mass is 346 g/mol. The molecule has 1 heterocycles. The van der Waals surface area contributed by atoms with Crippen LogP contribution in [0, 0.1) is 0 Å². The minimum atomic E-state index is -3.61. The number of sulfonamides is 1. The van der Waals surface area contributed by atoms with E-state index in [4.69, 9.17) is 16.3 Å². The van der Waals surface area contributed by atoms with E-state index in [9.17, 15) is 13.2 Å². The van der Waals surface area contributed by atoms with E-state index in [2.05, 4.69) is 0 Å². The van der Waals surface area contributed by atoms with Gasteiger partial charge in [-0.3, -0.25) is 4.79 Å². The van der Waals surface area contributed by atoms with Crippen molar-refractivity contribution < 1.29 is 17.9 Å². The molecule has 1 aromatic carbocycles. The van der Waals surface area contributed by atoms with E-state index < -0.39 is 10.0 Å². The van der Waals surface area contributed by atoms with Gasteiger partial charge in [0, 0.05) is 39.2 Å². The molecule has 1 amide bonds. The molecule has 22 heavy (non-hydrogen) atoms.